The van der Waals surface area contributed by atoms with Crippen molar-refractivity contribution in [3.63, 3.8) is 0 Å². The Bertz CT molecular complexity index is 650. The summed E-state index contributed by atoms with van der Waals surface area (Å²) in [6.07, 6.45) is 1.14. The third-order valence-corrected chi connectivity index (χ3v) is 6.63. The van der Waals surface area contributed by atoms with Gasteiger partial charge in [0.05, 0.1) is 12.0 Å². The van der Waals surface area contributed by atoms with Crippen LogP contribution in [0.5, 0.6) is 0 Å². The molecule has 0 radical (unpaired) electrons. The molecule has 6 atom stereocenters. The highest BCUT2D eigenvalue weighted by Gasteiger charge is 2.56. The van der Waals surface area contributed by atoms with Crippen LogP contribution < -0.4 is 0 Å². The van der Waals surface area contributed by atoms with E-state index in [4.69, 9.17) is 14.0 Å². The molecule has 0 aromatic rings. The SMILES string of the molecule is O=C(OC(CF)C(F)(F)S(=O)(=O)O)C1CC2CC1CC2OC1CCCCO1. The Morgan fingerprint density at radius 2 is 1.96 bits per heavy atom. The largest absolute Gasteiger partial charge is 0.452 e. The molecule has 7 nitrogen and oxygen atoms in total. The van der Waals surface area contributed by atoms with Crippen molar-refractivity contribution >= 4 is 16.1 Å². The monoisotopic (exact) mass is 416 g/mol. The fourth-order valence-electron chi connectivity index (χ4n) is 4.28. The van der Waals surface area contributed by atoms with E-state index in [1.54, 1.807) is 0 Å². The summed E-state index contributed by atoms with van der Waals surface area (Å²) in [7, 11) is -5.90. The van der Waals surface area contributed by atoms with Gasteiger partial charge in [0.25, 0.3) is 0 Å². The molecule has 1 heterocycles. The molecule has 2 saturated carbocycles. The third-order valence-electron chi connectivity index (χ3n) is 5.68. The van der Waals surface area contributed by atoms with Crippen molar-refractivity contribution in [2.45, 2.75) is 62.3 Å². The number of esters is 1. The van der Waals surface area contributed by atoms with Crippen LogP contribution in [-0.2, 0) is 29.1 Å². The Hall–Kier alpha value is -0.910. The molecule has 0 amide bonds. The zero-order chi connectivity index (χ0) is 19.8. The molecule has 2 bridgehead atoms. The number of alkyl halides is 3. The number of carbonyl (C=O) groups is 1. The van der Waals surface area contributed by atoms with Gasteiger partial charge >= 0.3 is 21.3 Å². The van der Waals surface area contributed by atoms with E-state index in [1.165, 1.54) is 0 Å². The van der Waals surface area contributed by atoms with Crippen LogP contribution in [0.4, 0.5) is 13.2 Å². The second-order valence-electron chi connectivity index (χ2n) is 7.42. The molecule has 3 aliphatic rings. The van der Waals surface area contributed by atoms with E-state index in [1.807, 2.05) is 0 Å². The van der Waals surface area contributed by atoms with E-state index in [0.717, 1.165) is 19.3 Å². The van der Waals surface area contributed by atoms with Crippen LogP contribution in [-0.4, -0.2) is 56.0 Å². The number of ether oxygens (including phenoxy) is 3. The molecule has 11 heteroatoms. The summed E-state index contributed by atoms with van der Waals surface area (Å²) in [5.74, 6) is -1.89. The second-order valence-corrected chi connectivity index (χ2v) is 8.92. The van der Waals surface area contributed by atoms with Gasteiger partial charge in [-0.05, 0) is 50.4 Å². The Morgan fingerprint density at radius 1 is 1.22 bits per heavy atom. The van der Waals surface area contributed by atoms with Crippen molar-refractivity contribution in [1.29, 1.82) is 0 Å². The number of hydrogen-bond donors (Lipinski definition) is 1. The predicted molar refractivity (Wildman–Crippen MR) is 85.1 cm³/mol. The maximum absolute atomic E-state index is 13.6. The summed E-state index contributed by atoms with van der Waals surface area (Å²) in [5, 5.41) is -4.90. The Kier molecular flexibility index (Phi) is 6.05. The minimum absolute atomic E-state index is 0.0454. The van der Waals surface area contributed by atoms with Crippen LogP contribution in [0.15, 0.2) is 0 Å². The first-order chi connectivity index (χ1) is 12.6. The van der Waals surface area contributed by atoms with E-state index in [-0.39, 0.29) is 24.2 Å². The standard InChI is InChI=1S/C16H23F3O7S/c17-8-13(16(18,19)27(21,22)23)26-15(20)11-6-10-5-9(11)7-12(10)25-14-3-1-2-4-24-14/h9-14H,1-8H2,(H,21,22,23). The lowest BCUT2D eigenvalue weighted by molar-refractivity contribution is -0.200. The zero-order valence-corrected chi connectivity index (χ0v) is 15.4. The predicted octanol–water partition coefficient (Wildman–Crippen LogP) is 2.31. The van der Waals surface area contributed by atoms with E-state index >= 15 is 0 Å². The first-order valence-electron chi connectivity index (χ1n) is 9.01. The summed E-state index contributed by atoms with van der Waals surface area (Å²) in [6.45, 7) is -1.28. The summed E-state index contributed by atoms with van der Waals surface area (Å²) < 4.78 is 86.0. The van der Waals surface area contributed by atoms with E-state index < -0.39 is 40.0 Å². The molecular formula is C16H23F3O7S. The molecule has 27 heavy (non-hydrogen) atoms. The van der Waals surface area contributed by atoms with E-state index in [2.05, 4.69) is 4.74 Å². The van der Waals surface area contributed by atoms with Gasteiger partial charge in [0, 0.05) is 6.61 Å². The van der Waals surface area contributed by atoms with Crippen molar-refractivity contribution in [3.8, 4) is 0 Å². The smallest absolute Gasteiger partial charge is 0.408 e. The molecule has 3 fully saturated rings. The molecule has 2 aliphatic carbocycles. The Morgan fingerprint density at radius 3 is 2.48 bits per heavy atom. The van der Waals surface area contributed by atoms with Gasteiger partial charge in [-0.3, -0.25) is 9.35 Å². The normalized spacial score (nSPS) is 35.2. The summed E-state index contributed by atoms with van der Waals surface area (Å²) >= 11 is 0. The maximum atomic E-state index is 13.6. The molecular weight excluding hydrogens is 393 g/mol. The van der Waals surface area contributed by atoms with E-state index in [0.29, 0.717) is 25.9 Å². The highest BCUT2D eigenvalue weighted by atomic mass is 32.2. The molecule has 0 aromatic heterocycles. The fraction of sp³-hybridized carbons (Fsp3) is 0.938. The van der Waals surface area contributed by atoms with Crippen molar-refractivity contribution in [1.82, 2.24) is 0 Å². The molecule has 1 N–H and O–H groups in total. The Labute approximate surface area is 155 Å². The van der Waals surface area contributed by atoms with Crippen molar-refractivity contribution < 1.29 is 45.1 Å². The molecule has 1 aliphatic heterocycles. The third kappa shape index (κ3) is 4.25. The maximum Gasteiger partial charge on any atom is 0.408 e. The molecule has 156 valence electrons. The van der Waals surface area contributed by atoms with Crippen LogP contribution in [0, 0.1) is 17.8 Å². The minimum Gasteiger partial charge on any atom is -0.452 e. The molecule has 0 spiro atoms. The van der Waals surface area contributed by atoms with Crippen molar-refractivity contribution in [2.75, 3.05) is 13.3 Å². The lowest BCUT2D eigenvalue weighted by Gasteiger charge is -2.32. The average Bonchev–Trinajstić information content (AvgIpc) is 3.19. The van der Waals surface area contributed by atoms with Crippen LogP contribution in [0.25, 0.3) is 0 Å². The van der Waals surface area contributed by atoms with Gasteiger partial charge in [-0.25, -0.2) is 4.39 Å². The van der Waals surface area contributed by atoms with Crippen LogP contribution in [0.3, 0.4) is 0 Å². The van der Waals surface area contributed by atoms with E-state index in [9.17, 15) is 26.4 Å². The van der Waals surface area contributed by atoms with Gasteiger partial charge in [-0.15, -0.1) is 0 Å². The van der Waals surface area contributed by atoms with Gasteiger partial charge in [0.2, 0.25) is 6.10 Å². The van der Waals surface area contributed by atoms with Gasteiger partial charge in [0.15, 0.2) is 6.29 Å². The molecule has 1 saturated heterocycles. The number of fused-ring (bicyclic) bond motifs is 2. The van der Waals surface area contributed by atoms with Crippen LogP contribution >= 0.6 is 0 Å². The van der Waals surface area contributed by atoms with Gasteiger partial charge in [-0.1, -0.05) is 0 Å². The number of carbonyl (C=O) groups excluding carboxylic acids is 1. The quantitative estimate of drug-likeness (QED) is 0.502. The average molecular weight is 416 g/mol. The topological polar surface area (TPSA) is 99.1 Å². The minimum atomic E-state index is -5.90. The van der Waals surface area contributed by atoms with Crippen molar-refractivity contribution in [2.24, 2.45) is 17.8 Å². The molecule has 3 rings (SSSR count). The zero-order valence-electron chi connectivity index (χ0n) is 14.6. The lowest BCUT2D eigenvalue weighted by Crippen LogP contribution is -2.46. The van der Waals surface area contributed by atoms with Gasteiger partial charge in [0.1, 0.15) is 6.67 Å². The first-order valence-corrected chi connectivity index (χ1v) is 10.5. The van der Waals surface area contributed by atoms with Gasteiger partial charge < -0.3 is 14.2 Å². The highest BCUT2D eigenvalue weighted by Crippen LogP contribution is 2.51. The van der Waals surface area contributed by atoms with Crippen molar-refractivity contribution in [3.05, 3.63) is 0 Å². The number of rotatable bonds is 7. The fourth-order valence-corrected chi connectivity index (χ4v) is 4.72. The number of hydrogen-bond acceptors (Lipinski definition) is 6. The summed E-state index contributed by atoms with van der Waals surface area (Å²) in [6, 6.07) is 0. The Balaban J connectivity index is 1.55. The summed E-state index contributed by atoms with van der Waals surface area (Å²) in [5.41, 5.74) is 0. The van der Waals surface area contributed by atoms with Gasteiger partial charge in [-0.2, -0.15) is 17.2 Å². The highest BCUT2D eigenvalue weighted by molar-refractivity contribution is 7.86. The first kappa shape index (κ1) is 20.8. The second kappa shape index (κ2) is 7.84. The summed E-state index contributed by atoms with van der Waals surface area (Å²) in [4.78, 5) is 12.2. The lowest BCUT2D eigenvalue weighted by atomic mass is 9.87. The van der Waals surface area contributed by atoms with Crippen LogP contribution in [0.2, 0.25) is 0 Å². The molecule has 6 unspecified atom stereocenters. The van der Waals surface area contributed by atoms with Crippen LogP contribution in [0.1, 0.15) is 38.5 Å². The molecule has 0 aromatic carbocycles. The number of halogens is 3.